The molecule has 2 aromatic rings. The van der Waals surface area contributed by atoms with E-state index in [4.69, 9.17) is 4.74 Å². The molecule has 1 aromatic heterocycles. The van der Waals surface area contributed by atoms with E-state index in [0.29, 0.717) is 23.1 Å². The minimum atomic E-state index is -0.337. The molecule has 142 valence electrons. The average molecular weight is 385 g/mol. The van der Waals surface area contributed by atoms with Crippen molar-refractivity contribution in [3.05, 3.63) is 46.3 Å². The Morgan fingerprint density at radius 3 is 2.81 bits per heavy atom. The van der Waals surface area contributed by atoms with Crippen LogP contribution in [0.1, 0.15) is 54.1 Å². The van der Waals surface area contributed by atoms with Crippen LogP contribution in [0.4, 0.5) is 10.7 Å². The van der Waals surface area contributed by atoms with E-state index in [-0.39, 0.29) is 24.5 Å². The normalized spacial score (nSPS) is 18.3. The van der Waals surface area contributed by atoms with Gasteiger partial charge in [0.2, 0.25) is 5.91 Å². The van der Waals surface area contributed by atoms with E-state index in [1.807, 2.05) is 17.5 Å². The molecule has 1 fully saturated rings. The van der Waals surface area contributed by atoms with Crippen LogP contribution < -0.4 is 10.2 Å². The van der Waals surface area contributed by atoms with Gasteiger partial charge in [0.05, 0.1) is 18.7 Å². The summed E-state index contributed by atoms with van der Waals surface area (Å²) in [7, 11) is 0. The molecule has 1 N–H and O–H groups in total. The predicted molar refractivity (Wildman–Crippen MR) is 108 cm³/mol. The molecule has 2 aliphatic rings. The molecule has 2 heterocycles. The molecule has 1 unspecified atom stereocenters. The number of nitrogens with zero attached hydrogens (tertiary/aromatic N) is 1. The number of para-hydroxylation sites is 1. The Morgan fingerprint density at radius 2 is 2.07 bits per heavy atom. The van der Waals surface area contributed by atoms with E-state index < -0.39 is 0 Å². The zero-order valence-electron chi connectivity index (χ0n) is 15.7. The SMILES string of the molecule is CCOC(=O)c1c(C2CC2)csc1NC(=O)CN1c2ccccc2CC1C. The molecule has 27 heavy (non-hydrogen) atoms. The first-order chi connectivity index (χ1) is 13.1. The van der Waals surface area contributed by atoms with Gasteiger partial charge in [-0.2, -0.15) is 0 Å². The molecule has 6 heteroatoms. The summed E-state index contributed by atoms with van der Waals surface area (Å²) in [6.45, 7) is 4.53. The van der Waals surface area contributed by atoms with Crippen molar-refractivity contribution in [1.29, 1.82) is 0 Å². The fraction of sp³-hybridized carbons (Fsp3) is 0.429. The molecule has 1 aromatic carbocycles. The Kier molecular flexibility index (Phi) is 4.91. The molecule has 0 bridgehead atoms. The van der Waals surface area contributed by atoms with Gasteiger partial charge in [0.15, 0.2) is 0 Å². The highest BCUT2D eigenvalue weighted by molar-refractivity contribution is 7.15. The van der Waals surface area contributed by atoms with Gasteiger partial charge in [-0.05, 0) is 61.6 Å². The van der Waals surface area contributed by atoms with Gasteiger partial charge in [0.25, 0.3) is 0 Å². The minimum Gasteiger partial charge on any atom is -0.462 e. The van der Waals surface area contributed by atoms with Crippen molar-refractivity contribution in [3.63, 3.8) is 0 Å². The first-order valence-corrected chi connectivity index (χ1v) is 10.4. The third-order valence-corrected chi connectivity index (χ3v) is 6.15. The Morgan fingerprint density at radius 1 is 1.30 bits per heavy atom. The van der Waals surface area contributed by atoms with Crippen LogP contribution >= 0.6 is 11.3 Å². The number of rotatable bonds is 6. The third kappa shape index (κ3) is 3.58. The molecule has 0 spiro atoms. The quantitative estimate of drug-likeness (QED) is 0.759. The van der Waals surface area contributed by atoms with Gasteiger partial charge in [-0.25, -0.2) is 4.79 Å². The molecule has 1 saturated carbocycles. The number of thiophene rings is 1. The van der Waals surface area contributed by atoms with E-state index in [9.17, 15) is 9.59 Å². The molecular weight excluding hydrogens is 360 g/mol. The zero-order chi connectivity index (χ0) is 19.0. The lowest BCUT2D eigenvalue weighted by Gasteiger charge is -2.24. The van der Waals surface area contributed by atoms with Gasteiger partial charge in [-0.1, -0.05) is 18.2 Å². The molecule has 1 aliphatic heterocycles. The topological polar surface area (TPSA) is 58.6 Å². The summed E-state index contributed by atoms with van der Waals surface area (Å²) in [6, 6.07) is 8.49. The number of fused-ring (bicyclic) bond motifs is 1. The summed E-state index contributed by atoms with van der Waals surface area (Å²) in [5, 5.41) is 5.57. The van der Waals surface area contributed by atoms with E-state index in [1.54, 1.807) is 6.92 Å². The lowest BCUT2D eigenvalue weighted by atomic mass is 10.1. The standard InChI is InChI=1S/C21H24N2O3S/c1-3-26-21(25)19-16(14-8-9-14)12-27-20(19)22-18(24)11-23-13(2)10-15-6-4-5-7-17(15)23/h4-7,12-14H,3,8-11H2,1-2H3,(H,22,24). The summed E-state index contributed by atoms with van der Waals surface area (Å²) < 4.78 is 5.23. The second-order valence-corrected chi connectivity index (χ2v) is 8.13. The lowest BCUT2D eigenvalue weighted by Crippen LogP contribution is -2.37. The predicted octanol–water partition coefficient (Wildman–Crippen LogP) is 4.19. The third-order valence-electron chi connectivity index (χ3n) is 5.23. The number of amides is 1. The van der Waals surface area contributed by atoms with Crippen LogP contribution in [-0.2, 0) is 16.0 Å². The maximum Gasteiger partial charge on any atom is 0.341 e. The van der Waals surface area contributed by atoms with Crippen molar-refractivity contribution in [3.8, 4) is 0 Å². The zero-order valence-corrected chi connectivity index (χ0v) is 16.5. The highest BCUT2D eigenvalue weighted by Crippen LogP contribution is 2.46. The van der Waals surface area contributed by atoms with E-state index >= 15 is 0 Å². The van der Waals surface area contributed by atoms with Gasteiger partial charge >= 0.3 is 5.97 Å². The first kappa shape index (κ1) is 18.0. The van der Waals surface area contributed by atoms with Crippen molar-refractivity contribution >= 4 is 33.9 Å². The average Bonchev–Trinajstić information content (AvgIpc) is 3.33. The van der Waals surface area contributed by atoms with Crippen molar-refractivity contribution in [2.45, 2.75) is 45.1 Å². The highest BCUT2D eigenvalue weighted by atomic mass is 32.1. The largest absolute Gasteiger partial charge is 0.462 e. The van der Waals surface area contributed by atoms with E-state index in [2.05, 4.69) is 29.3 Å². The highest BCUT2D eigenvalue weighted by Gasteiger charge is 2.33. The number of benzene rings is 1. The van der Waals surface area contributed by atoms with Crippen molar-refractivity contribution in [2.24, 2.45) is 0 Å². The van der Waals surface area contributed by atoms with Crippen LogP contribution in [0.25, 0.3) is 0 Å². The van der Waals surface area contributed by atoms with Crippen LogP contribution in [0.2, 0.25) is 0 Å². The minimum absolute atomic E-state index is 0.103. The van der Waals surface area contributed by atoms with Gasteiger partial charge in [0, 0.05) is 11.7 Å². The molecule has 0 radical (unpaired) electrons. The number of hydrogen-bond acceptors (Lipinski definition) is 5. The van der Waals surface area contributed by atoms with Crippen LogP contribution in [-0.4, -0.2) is 31.1 Å². The number of esters is 1. The molecule has 0 saturated heterocycles. The molecule has 1 aliphatic carbocycles. The second-order valence-electron chi connectivity index (χ2n) is 7.25. The Labute approximate surface area is 163 Å². The number of anilines is 2. The van der Waals surface area contributed by atoms with Gasteiger partial charge < -0.3 is 15.0 Å². The summed E-state index contributed by atoms with van der Waals surface area (Å²) in [5.74, 6) is -0.0130. The molecule has 1 atom stereocenters. The monoisotopic (exact) mass is 384 g/mol. The summed E-state index contributed by atoms with van der Waals surface area (Å²) >= 11 is 1.42. The van der Waals surface area contributed by atoms with Crippen LogP contribution in [0.5, 0.6) is 0 Å². The number of hydrogen-bond donors (Lipinski definition) is 1. The number of carbonyl (C=O) groups excluding carboxylic acids is 2. The van der Waals surface area contributed by atoms with Gasteiger partial charge in [0.1, 0.15) is 5.00 Å². The van der Waals surface area contributed by atoms with Crippen molar-refractivity contribution in [1.82, 2.24) is 0 Å². The Balaban J connectivity index is 1.51. The summed E-state index contributed by atoms with van der Waals surface area (Å²) in [6.07, 6.45) is 3.14. The van der Waals surface area contributed by atoms with Crippen LogP contribution in [0.3, 0.4) is 0 Å². The maximum atomic E-state index is 12.8. The van der Waals surface area contributed by atoms with Crippen molar-refractivity contribution in [2.75, 3.05) is 23.4 Å². The Hall–Kier alpha value is -2.34. The fourth-order valence-corrected chi connectivity index (χ4v) is 4.81. The molecule has 1 amide bonds. The number of nitrogens with one attached hydrogen (secondary N) is 1. The number of ether oxygens (including phenoxy) is 1. The van der Waals surface area contributed by atoms with Gasteiger partial charge in [-0.15, -0.1) is 11.3 Å². The fourth-order valence-electron chi connectivity index (χ4n) is 3.76. The maximum absolute atomic E-state index is 12.8. The lowest BCUT2D eigenvalue weighted by molar-refractivity contribution is -0.115. The van der Waals surface area contributed by atoms with E-state index in [1.165, 1.54) is 16.9 Å². The van der Waals surface area contributed by atoms with Crippen LogP contribution in [0, 0.1) is 0 Å². The smallest absolute Gasteiger partial charge is 0.341 e. The van der Waals surface area contributed by atoms with E-state index in [0.717, 1.165) is 30.5 Å². The van der Waals surface area contributed by atoms with Crippen molar-refractivity contribution < 1.29 is 14.3 Å². The van der Waals surface area contributed by atoms with Gasteiger partial charge in [-0.3, -0.25) is 4.79 Å². The molecule has 5 nitrogen and oxygen atoms in total. The summed E-state index contributed by atoms with van der Waals surface area (Å²) in [5.41, 5.74) is 3.97. The van der Waals surface area contributed by atoms with Crippen LogP contribution in [0.15, 0.2) is 29.6 Å². The first-order valence-electron chi connectivity index (χ1n) is 9.51. The molecule has 4 rings (SSSR count). The summed E-state index contributed by atoms with van der Waals surface area (Å²) in [4.78, 5) is 27.3. The Bertz CT molecular complexity index is 872. The number of carbonyl (C=O) groups is 2. The second kappa shape index (κ2) is 7.35. The molecular formula is C21H24N2O3S.